The number of aryl methyl sites for hydroxylation is 1. The molecule has 0 saturated heterocycles. The minimum Gasteiger partial charge on any atom is -0.372 e. The third-order valence-electron chi connectivity index (χ3n) is 3.30. The molecule has 1 heterocycles. The molecule has 1 aromatic carbocycles. The Kier molecular flexibility index (Phi) is 4.88. The summed E-state index contributed by atoms with van der Waals surface area (Å²) < 4.78 is 14.4. The molecular weight excluding hydrogens is 251 g/mol. The highest BCUT2D eigenvalue weighted by atomic mass is 19.1. The molecule has 20 heavy (non-hydrogen) atoms. The fourth-order valence-electron chi connectivity index (χ4n) is 1.99. The number of halogens is 1. The summed E-state index contributed by atoms with van der Waals surface area (Å²) in [6, 6.07) is 14.2. The molecule has 0 saturated carbocycles. The first-order valence-electron chi connectivity index (χ1n) is 6.70. The van der Waals surface area contributed by atoms with Gasteiger partial charge in [-0.05, 0) is 29.8 Å². The second-order valence-electron chi connectivity index (χ2n) is 4.77. The van der Waals surface area contributed by atoms with Crippen LogP contribution in [0.2, 0.25) is 0 Å². The Bertz CT molecular complexity index is 576. The Morgan fingerprint density at radius 2 is 1.85 bits per heavy atom. The third-order valence-corrected chi connectivity index (χ3v) is 3.30. The van der Waals surface area contributed by atoms with Gasteiger partial charge in [0.1, 0.15) is 13.7 Å². The average Bonchev–Trinajstić information content (AvgIpc) is 2.47. The number of alkyl halides is 1. The second kappa shape index (κ2) is 6.85. The van der Waals surface area contributed by atoms with Gasteiger partial charge in [-0.15, -0.1) is 0 Å². The van der Waals surface area contributed by atoms with Crippen molar-refractivity contribution in [2.45, 2.75) is 0 Å². The molecule has 0 spiro atoms. The van der Waals surface area contributed by atoms with Crippen molar-refractivity contribution in [3.63, 3.8) is 0 Å². The monoisotopic (exact) mass is 271 g/mol. The van der Waals surface area contributed by atoms with Gasteiger partial charge in [0, 0.05) is 37.5 Å². The van der Waals surface area contributed by atoms with Crippen molar-refractivity contribution in [2.24, 2.45) is 7.05 Å². The molecule has 0 fully saturated rings. The second-order valence-corrected chi connectivity index (χ2v) is 4.77. The minimum atomic E-state index is -0.331. The summed E-state index contributed by atoms with van der Waals surface area (Å²) in [5, 5.41) is 0. The van der Waals surface area contributed by atoms with E-state index in [9.17, 15) is 4.39 Å². The van der Waals surface area contributed by atoms with Gasteiger partial charge in [0.05, 0.1) is 0 Å². The zero-order valence-electron chi connectivity index (χ0n) is 12.0. The van der Waals surface area contributed by atoms with E-state index in [1.807, 2.05) is 61.6 Å². The Morgan fingerprint density at radius 1 is 1.10 bits per heavy atom. The number of benzene rings is 1. The van der Waals surface area contributed by atoms with Crippen LogP contribution < -0.4 is 9.47 Å². The maximum Gasteiger partial charge on any atom is 0.204 e. The molecule has 0 aliphatic carbocycles. The van der Waals surface area contributed by atoms with E-state index in [4.69, 9.17) is 0 Å². The van der Waals surface area contributed by atoms with E-state index < -0.39 is 0 Å². The number of pyridine rings is 1. The van der Waals surface area contributed by atoms with Gasteiger partial charge in [0.2, 0.25) is 5.69 Å². The number of anilines is 1. The van der Waals surface area contributed by atoms with Crippen LogP contribution in [0.25, 0.3) is 12.2 Å². The smallest absolute Gasteiger partial charge is 0.204 e. The Balaban J connectivity index is 2.09. The maximum absolute atomic E-state index is 12.3. The van der Waals surface area contributed by atoms with Crippen LogP contribution in [0.5, 0.6) is 0 Å². The first kappa shape index (κ1) is 14.3. The quantitative estimate of drug-likeness (QED) is 0.758. The number of rotatable bonds is 5. The summed E-state index contributed by atoms with van der Waals surface area (Å²) >= 11 is 0. The van der Waals surface area contributed by atoms with Crippen LogP contribution in [0.15, 0.2) is 48.7 Å². The molecule has 0 aliphatic heterocycles. The lowest BCUT2D eigenvalue weighted by Crippen LogP contribution is -2.30. The largest absolute Gasteiger partial charge is 0.372 e. The molecule has 2 rings (SSSR count). The standard InChI is InChI=1S/C17H20FN2/c1-19-13-4-3-5-16(19)9-6-15-7-10-17(11-8-15)20(2)14-12-18/h3-11,13H,12,14H2,1-2H3/q+1. The maximum atomic E-state index is 12.3. The zero-order chi connectivity index (χ0) is 14.4. The highest BCUT2D eigenvalue weighted by molar-refractivity contribution is 5.68. The van der Waals surface area contributed by atoms with Crippen molar-refractivity contribution < 1.29 is 8.96 Å². The SMILES string of the molecule is CN(CCF)c1ccc(/C=C/c2cccc[n+]2C)cc1. The number of hydrogen-bond donors (Lipinski definition) is 0. The van der Waals surface area contributed by atoms with Gasteiger partial charge >= 0.3 is 0 Å². The lowest BCUT2D eigenvalue weighted by molar-refractivity contribution is -0.673. The molecule has 0 aliphatic rings. The fourth-order valence-corrected chi connectivity index (χ4v) is 1.99. The summed E-state index contributed by atoms with van der Waals surface area (Å²) in [6.07, 6.45) is 6.18. The molecule has 2 aromatic rings. The van der Waals surface area contributed by atoms with Crippen LogP contribution in [0.1, 0.15) is 11.3 Å². The molecule has 1 aromatic heterocycles. The van der Waals surface area contributed by atoms with Crippen molar-refractivity contribution in [1.82, 2.24) is 0 Å². The first-order valence-corrected chi connectivity index (χ1v) is 6.70. The predicted octanol–water partition coefficient (Wildman–Crippen LogP) is 3.09. The van der Waals surface area contributed by atoms with Crippen LogP contribution in [0.4, 0.5) is 10.1 Å². The topological polar surface area (TPSA) is 7.12 Å². The number of aromatic nitrogens is 1. The van der Waals surface area contributed by atoms with Gasteiger partial charge < -0.3 is 4.90 Å². The lowest BCUT2D eigenvalue weighted by Gasteiger charge is -2.17. The van der Waals surface area contributed by atoms with Gasteiger partial charge in [-0.2, -0.15) is 0 Å². The van der Waals surface area contributed by atoms with Crippen LogP contribution in [0.3, 0.4) is 0 Å². The van der Waals surface area contributed by atoms with Gasteiger partial charge in [-0.3, -0.25) is 0 Å². The first-order chi connectivity index (χ1) is 9.70. The number of nitrogens with zero attached hydrogens (tertiary/aromatic N) is 2. The van der Waals surface area contributed by atoms with Crippen LogP contribution in [-0.2, 0) is 7.05 Å². The highest BCUT2D eigenvalue weighted by Gasteiger charge is 2.01. The van der Waals surface area contributed by atoms with E-state index in [2.05, 4.69) is 22.8 Å². The molecule has 2 nitrogen and oxygen atoms in total. The zero-order valence-corrected chi connectivity index (χ0v) is 12.0. The molecule has 104 valence electrons. The molecule has 0 radical (unpaired) electrons. The molecule has 0 bridgehead atoms. The van der Waals surface area contributed by atoms with Crippen molar-refractivity contribution in [3.05, 3.63) is 59.9 Å². The summed E-state index contributed by atoms with van der Waals surface area (Å²) in [5.74, 6) is 0. The lowest BCUT2D eigenvalue weighted by atomic mass is 10.1. The Morgan fingerprint density at radius 3 is 2.50 bits per heavy atom. The van der Waals surface area contributed by atoms with Crippen molar-refractivity contribution in [3.8, 4) is 0 Å². The van der Waals surface area contributed by atoms with E-state index in [1.54, 1.807) is 0 Å². The van der Waals surface area contributed by atoms with Crippen LogP contribution in [0, 0.1) is 0 Å². The average molecular weight is 271 g/mol. The summed E-state index contributed by atoms with van der Waals surface area (Å²) in [4.78, 5) is 1.91. The predicted molar refractivity (Wildman–Crippen MR) is 82.2 cm³/mol. The van der Waals surface area contributed by atoms with E-state index in [1.165, 1.54) is 0 Å². The Labute approximate surface area is 119 Å². The van der Waals surface area contributed by atoms with E-state index in [0.717, 1.165) is 16.9 Å². The van der Waals surface area contributed by atoms with Gasteiger partial charge in [-0.25, -0.2) is 8.96 Å². The van der Waals surface area contributed by atoms with Crippen molar-refractivity contribution in [1.29, 1.82) is 0 Å². The molecule has 0 N–H and O–H groups in total. The van der Waals surface area contributed by atoms with E-state index in [0.29, 0.717) is 6.54 Å². The van der Waals surface area contributed by atoms with Gasteiger partial charge in [0.25, 0.3) is 0 Å². The molecule has 0 atom stereocenters. The normalized spacial score (nSPS) is 10.9. The van der Waals surface area contributed by atoms with E-state index >= 15 is 0 Å². The van der Waals surface area contributed by atoms with Crippen LogP contribution in [-0.4, -0.2) is 20.3 Å². The molecule has 0 amide bonds. The van der Waals surface area contributed by atoms with Crippen LogP contribution >= 0.6 is 0 Å². The van der Waals surface area contributed by atoms with Crippen molar-refractivity contribution >= 4 is 17.8 Å². The van der Waals surface area contributed by atoms with Gasteiger partial charge in [0.15, 0.2) is 6.20 Å². The molecular formula is C17H20FN2+. The highest BCUT2D eigenvalue weighted by Crippen LogP contribution is 2.15. The summed E-state index contributed by atoms with van der Waals surface area (Å²) in [7, 11) is 3.92. The Hall–Kier alpha value is -2.16. The van der Waals surface area contributed by atoms with Crippen molar-refractivity contribution in [2.75, 3.05) is 25.2 Å². The number of hydrogen-bond acceptors (Lipinski definition) is 1. The summed E-state index contributed by atoms with van der Waals surface area (Å²) in [5.41, 5.74) is 3.31. The van der Waals surface area contributed by atoms with E-state index in [-0.39, 0.29) is 6.67 Å². The minimum absolute atomic E-state index is 0.331. The van der Waals surface area contributed by atoms with Gasteiger partial charge in [-0.1, -0.05) is 12.1 Å². The molecule has 3 heteroatoms. The molecule has 0 unspecified atom stereocenters. The third kappa shape index (κ3) is 3.67. The fraction of sp³-hybridized carbons (Fsp3) is 0.235. The summed E-state index contributed by atoms with van der Waals surface area (Å²) in [6.45, 7) is 0.0949.